The third kappa shape index (κ3) is 4.58. The van der Waals surface area contributed by atoms with Gasteiger partial charge in [-0.2, -0.15) is 0 Å². The number of carbonyl (C=O) groups is 1. The van der Waals surface area contributed by atoms with E-state index in [1.54, 1.807) is 0 Å². The normalized spacial score (nSPS) is 11.0. The smallest absolute Gasteiger partial charge is 0.256 e. The zero-order valence-corrected chi connectivity index (χ0v) is 20.8. The van der Waals surface area contributed by atoms with Crippen molar-refractivity contribution in [1.29, 1.82) is 0 Å². The number of hydrogen-bond acceptors (Lipinski definition) is 2. The van der Waals surface area contributed by atoms with Crippen LogP contribution in [0.2, 0.25) is 0 Å². The number of carbonyl (C=O) groups excluding carboxylic acids is 1. The Kier molecular flexibility index (Phi) is 6.26. The predicted octanol–water partition coefficient (Wildman–Crippen LogP) is 7.86. The quantitative estimate of drug-likeness (QED) is 0.288. The minimum Gasteiger partial charge on any atom is -0.322 e. The summed E-state index contributed by atoms with van der Waals surface area (Å²) in [4.78, 5) is 18.4. The number of anilines is 1. The molecule has 3 aromatic carbocycles. The van der Waals surface area contributed by atoms with Gasteiger partial charge in [-0.1, -0.05) is 62.5 Å². The van der Waals surface area contributed by atoms with Crippen LogP contribution in [0.3, 0.4) is 0 Å². The fraction of sp³-hybridized carbons (Fsp3) is 0.154. The summed E-state index contributed by atoms with van der Waals surface area (Å²) in [6.45, 7) is 6.16. The van der Waals surface area contributed by atoms with Crippen LogP contribution in [0.5, 0.6) is 0 Å². The molecular formula is C26H22Br2N2O. The Morgan fingerprint density at radius 1 is 0.935 bits per heavy atom. The van der Waals surface area contributed by atoms with E-state index < -0.39 is 0 Å². The SMILES string of the molecule is CCc1cc(Br)ccc1NC(=O)c1cc(-c2ccc(Br)cc2)nc2c(C)cc(C)cc12. The minimum absolute atomic E-state index is 0.132. The highest BCUT2D eigenvalue weighted by Gasteiger charge is 2.17. The number of aromatic nitrogens is 1. The van der Waals surface area contributed by atoms with Crippen molar-refractivity contribution in [2.45, 2.75) is 27.2 Å². The average Bonchev–Trinajstić information content (AvgIpc) is 2.75. The van der Waals surface area contributed by atoms with E-state index in [-0.39, 0.29) is 5.91 Å². The maximum atomic E-state index is 13.5. The highest BCUT2D eigenvalue weighted by atomic mass is 79.9. The van der Waals surface area contributed by atoms with Crippen LogP contribution in [0.4, 0.5) is 5.69 Å². The van der Waals surface area contributed by atoms with Crippen molar-refractivity contribution in [3.63, 3.8) is 0 Å². The van der Waals surface area contributed by atoms with Gasteiger partial charge in [0.2, 0.25) is 0 Å². The maximum absolute atomic E-state index is 13.5. The summed E-state index contributed by atoms with van der Waals surface area (Å²) in [5.74, 6) is -0.132. The topological polar surface area (TPSA) is 42.0 Å². The summed E-state index contributed by atoms with van der Waals surface area (Å²) in [5.41, 5.74) is 7.30. The maximum Gasteiger partial charge on any atom is 0.256 e. The molecule has 0 aliphatic carbocycles. The Hall–Kier alpha value is -2.50. The van der Waals surface area contributed by atoms with Crippen molar-refractivity contribution in [2.24, 2.45) is 0 Å². The molecule has 1 heterocycles. The fourth-order valence-electron chi connectivity index (χ4n) is 3.80. The molecule has 0 spiro atoms. The molecule has 0 bridgehead atoms. The average molecular weight is 538 g/mol. The van der Waals surface area contributed by atoms with E-state index in [9.17, 15) is 4.79 Å². The number of pyridine rings is 1. The lowest BCUT2D eigenvalue weighted by Crippen LogP contribution is -2.14. The van der Waals surface area contributed by atoms with Crippen molar-refractivity contribution in [3.05, 3.63) is 91.9 Å². The lowest BCUT2D eigenvalue weighted by molar-refractivity contribution is 0.102. The molecule has 1 amide bonds. The fourth-order valence-corrected chi connectivity index (χ4v) is 4.48. The number of fused-ring (bicyclic) bond motifs is 1. The largest absolute Gasteiger partial charge is 0.322 e. The molecule has 0 atom stereocenters. The number of aryl methyl sites for hydroxylation is 3. The van der Waals surface area contributed by atoms with Gasteiger partial charge in [0.25, 0.3) is 5.91 Å². The van der Waals surface area contributed by atoms with Crippen LogP contribution in [0.15, 0.2) is 69.6 Å². The van der Waals surface area contributed by atoms with Gasteiger partial charge in [0.1, 0.15) is 0 Å². The van der Waals surface area contributed by atoms with Crippen molar-refractivity contribution in [1.82, 2.24) is 4.98 Å². The van der Waals surface area contributed by atoms with Crippen molar-refractivity contribution >= 4 is 54.4 Å². The predicted molar refractivity (Wildman–Crippen MR) is 136 cm³/mol. The van der Waals surface area contributed by atoms with Gasteiger partial charge in [-0.3, -0.25) is 4.79 Å². The molecule has 3 nitrogen and oxygen atoms in total. The number of hydrogen-bond donors (Lipinski definition) is 1. The van der Waals surface area contributed by atoms with E-state index in [0.29, 0.717) is 5.56 Å². The third-order valence-corrected chi connectivity index (χ3v) is 6.35. The van der Waals surface area contributed by atoms with E-state index in [4.69, 9.17) is 4.98 Å². The van der Waals surface area contributed by atoms with Gasteiger partial charge >= 0.3 is 0 Å². The van der Waals surface area contributed by atoms with Crippen LogP contribution < -0.4 is 5.32 Å². The highest BCUT2D eigenvalue weighted by Crippen LogP contribution is 2.30. The molecule has 1 N–H and O–H groups in total. The first kappa shape index (κ1) is 21.7. The number of nitrogens with zero attached hydrogens (tertiary/aromatic N) is 1. The third-order valence-electron chi connectivity index (χ3n) is 5.33. The van der Waals surface area contributed by atoms with E-state index in [0.717, 1.165) is 59.9 Å². The number of halogens is 2. The van der Waals surface area contributed by atoms with Gasteiger partial charge in [-0.15, -0.1) is 0 Å². The zero-order chi connectivity index (χ0) is 22.1. The number of amides is 1. The molecule has 0 fully saturated rings. The molecule has 0 radical (unpaired) electrons. The monoisotopic (exact) mass is 536 g/mol. The Bertz CT molecular complexity index is 1300. The van der Waals surface area contributed by atoms with E-state index in [1.165, 1.54) is 0 Å². The first-order valence-corrected chi connectivity index (χ1v) is 11.7. The first-order valence-electron chi connectivity index (χ1n) is 10.1. The van der Waals surface area contributed by atoms with Crippen LogP contribution in [0.25, 0.3) is 22.2 Å². The molecule has 1 aromatic heterocycles. The molecule has 156 valence electrons. The summed E-state index contributed by atoms with van der Waals surface area (Å²) in [5, 5.41) is 4.00. The van der Waals surface area contributed by atoms with Crippen LogP contribution in [0, 0.1) is 13.8 Å². The van der Waals surface area contributed by atoms with E-state index >= 15 is 0 Å². The van der Waals surface area contributed by atoms with Crippen molar-refractivity contribution in [3.8, 4) is 11.3 Å². The minimum atomic E-state index is -0.132. The lowest BCUT2D eigenvalue weighted by atomic mass is 9.99. The van der Waals surface area contributed by atoms with Crippen LogP contribution in [-0.2, 0) is 6.42 Å². The van der Waals surface area contributed by atoms with Gasteiger partial charge in [0.05, 0.1) is 16.8 Å². The van der Waals surface area contributed by atoms with Crippen LogP contribution >= 0.6 is 31.9 Å². The summed E-state index contributed by atoms with van der Waals surface area (Å²) in [6, 6.07) is 19.9. The molecule has 0 aliphatic rings. The van der Waals surface area contributed by atoms with E-state index in [2.05, 4.69) is 50.2 Å². The van der Waals surface area contributed by atoms with Gasteiger partial charge in [0, 0.05) is 25.6 Å². The van der Waals surface area contributed by atoms with Crippen LogP contribution in [-0.4, -0.2) is 10.9 Å². The van der Waals surface area contributed by atoms with Crippen molar-refractivity contribution in [2.75, 3.05) is 5.32 Å². The standard InChI is InChI=1S/C26H22Br2N2O/c1-4-17-13-20(28)9-10-23(17)30-26(31)22-14-24(18-5-7-19(27)8-6-18)29-25-16(3)11-15(2)12-21(22)25/h5-14H,4H2,1-3H3,(H,30,31). The number of rotatable bonds is 4. The molecule has 31 heavy (non-hydrogen) atoms. The lowest BCUT2D eigenvalue weighted by Gasteiger charge is -2.15. The zero-order valence-electron chi connectivity index (χ0n) is 17.6. The molecule has 0 aliphatic heterocycles. The molecule has 0 unspecified atom stereocenters. The van der Waals surface area contributed by atoms with Gasteiger partial charge in [-0.05, 0) is 73.9 Å². The molecule has 0 saturated carbocycles. The first-order chi connectivity index (χ1) is 14.9. The van der Waals surface area contributed by atoms with Gasteiger partial charge in [-0.25, -0.2) is 4.98 Å². The number of benzene rings is 3. The summed E-state index contributed by atoms with van der Waals surface area (Å²) >= 11 is 7.00. The second kappa shape index (κ2) is 8.93. The van der Waals surface area contributed by atoms with Crippen LogP contribution in [0.1, 0.15) is 34.0 Å². The summed E-state index contributed by atoms with van der Waals surface area (Å²) in [7, 11) is 0. The van der Waals surface area contributed by atoms with E-state index in [1.807, 2.05) is 68.4 Å². The summed E-state index contributed by atoms with van der Waals surface area (Å²) in [6.07, 6.45) is 0.828. The second-order valence-electron chi connectivity index (χ2n) is 7.65. The van der Waals surface area contributed by atoms with Gasteiger partial charge in [0.15, 0.2) is 0 Å². The Morgan fingerprint density at radius 3 is 2.35 bits per heavy atom. The molecule has 4 rings (SSSR count). The Balaban J connectivity index is 1.87. The molecular weight excluding hydrogens is 516 g/mol. The number of nitrogens with one attached hydrogen (secondary N) is 1. The van der Waals surface area contributed by atoms with Gasteiger partial charge < -0.3 is 5.32 Å². The second-order valence-corrected chi connectivity index (χ2v) is 9.48. The molecule has 5 heteroatoms. The Labute approximate surface area is 199 Å². The summed E-state index contributed by atoms with van der Waals surface area (Å²) < 4.78 is 2.00. The molecule has 0 saturated heterocycles. The highest BCUT2D eigenvalue weighted by molar-refractivity contribution is 9.10. The Morgan fingerprint density at radius 2 is 1.65 bits per heavy atom. The molecule has 4 aromatic rings. The van der Waals surface area contributed by atoms with Crippen molar-refractivity contribution < 1.29 is 4.79 Å².